The van der Waals surface area contributed by atoms with Gasteiger partial charge in [-0.15, -0.1) is 0 Å². The number of amides is 3. The first-order chi connectivity index (χ1) is 9.02. The first-order valence-corrected chi connectivity index (χ1v) is 6.27. The van der Waals surface area contributed by atoms with E-state index in [1.165, 1.54) is 4.90 Å². The summed E-state index contributed by atoms with van der Waals surface area (Å²) in [6, 6.07) is 6.76. The van der Waals surface area contributed by atoms with Gasteiger partial charge in [0.15, 0.2) is 0 Å². The molecule has 1 atom stereocenters. The van der Waals surface area contributed by atoms with Gasteiger partial charge >= 0.3 is 0 Å². The maximum absolute atomic E-state index is 12.0. The van der Waals surface area contributed by atoms with E-state index in [4.69, 9.17) is 5.73 Å². The van der Waals surface area contributed by atoms with Crippen molar-refractivity contribution in [3.05, 3.63) is 29.8 Å². The molecule has 1 aromatic rings. The van der Waals surface area contributed by atoms with Crippen molar-refractivity contribution in [1.29, 1.82) is 0 Å². The molecule has 5 nitrogen and oxygen atoms in total. The van der Waals surface area contributed by atoms with Crippen molar-refractivity contribution in [3.8, 4) is 0 Å². The third kappa shape index (κ3) is 2.65. The number of nitrogens with two attached hydrogens (primary N) is 1. The summed E-state index contributed by atoms with van der Waals surface area (Å²) in [4.78, 5) is 35.9. The molecule has 1 unspecified atom stereocenters. The predicted molar refractivity (Wildman–Crippen MR) is 70.2 cm³/mol. The number of imide groups is 1. The van der Waals surface area contributed by atoms with Crippen LogP contribution in [0.3, 0.4) is 0 Å². The summed E-state index contributed by atoms with van der Waals surface area (Å²) in [7, 11) is 0. The number of hydrogen-bond acceptors (Lipinski definition) is 3. The average molecular weight is 260 g/mol. The highest BCUT2D eigenvalue weighted by atomic mass is 16.2. The first-order valence-electron chi connectivity index (χ1n) is 6.27. The second-order valence-corrected chi connectivity index (χ2v) is 4.69. The van der Waals surface area contributed by atoms with Crippen LogP contribution in [0.25, 0.3) is 0 Å². The van der Waals surface area contributed by atoms with Crippen molar-refractivity contribution in [3.63, 3.8) is 0 Å². The van der Waals surface area contributed by atoms with E-state index in [1.807, 2.05) is 6.92 Å². The lowest BCUT2D eigenvalue weighted by atomic mass is 10.1. The Morgan fingerprint density at radius 3 is 2.42 bits per heavy atom. The molecular weight excluding hydrogens is 244 g/mol. The van der Waals surface area contributed by atoms with E-state index < -0.39 is 5.91 Å². The maximum atomic E-state index is 12.0. The molecule has 0 aliphatic carbocycles. The van der Waals surface area contributed by atoms with E-state index in [0.717, 1.165) is 5.56 Å². The first kappa shape index (κ1) is 13.3. The van der Waals surface area contributed by atoms with Gasteiger partial charge in [-0.05, 0) is 24.1 Å². The van der Waals surface area contributed by atoms with Crippen molar-refractivity contribution in [1.82, 2.24) is 0 Å². The van der Waals surface area contributed by atoms with Gasteiger partial charge in [-0.25, -0.2) is 0 Å². The van der Waals surface area contributed by atoms with Crippen molar-refractivity contribution >= 4 is 23.4 Å². The highest BCUT2D eigenvalue weighted by Gasteiger charge is 2.38. The van der Waals surface area contributed by atoms with Gasteiger partial charge in [0.1, 0.15) is 0 Å². The lowest BCUT2D eigenvalue weighted by Crippen LogP contribution is -2.30. The van der Waals surface area contributed by atoms with Crippen molar-refractivity contribution in [2.45, 2.75) is 26.2 Å². The Bertz CT molecular complexity index is 522. The smallest absolute Gasteiger partial charge is 0.237 e. The minimum atomic E-state index is -0.410. The fourth-order valence-electron chi connectivity index (χ4n) is 2.25. The molecule has 2 N–H and O–H groups in total. The third-order valence-corrected chi connectivity index (χ3v) is 3.31. The lowest BCUT2D eigenvalue weighted by Gasteiger charge is -2.15. The zero-order chi connectivity index (χ0) is 14.0. The fourth-order valence-corrected chi connectivity index (χ4v) is 2.25. The maximum Gasteiger partial charge on any atom is 0.237 e. The van der Waals surface area contributed by atoms with Crippen LogP contribution >= 0.6 is 0 Å². The summed E-state index contributed by atoms with van der Waals surface area (Å²) in [5, 5.41) is 0. The van der Waals surface area contributed by atoms with E-state index in [-0.39, 0.29) is 30.6 Å². The Morgan fingerprint density at radius 1 is 1.32 bits per heavy atom. The Kier molecular flexibility index (Phi) is 3.64. The number of carbonyl (C=O) groups is 3. The Labute approximate surface area is 111 Å². The molecule has 0 bridgehead atoms. The number of rotatable bonds is 4. The van der Waals surface area contributed by atoms with Crippen LogP contribution < -0.4 is 10.6 Å². The molecular formula is C14H16N2O3. The lowest BCUT2D eigenvalue weighted by molar-refractivity contribution is -0.122. The Hall–Kier alpha value is -2.17. The van der Waals surface area contributed by atoms with Crippen LogP contribution in [0.5, 0.6) is 0 Å². The van der Waals surface area contributed by atoms with Gasteiger partial charge in [0, 0.05) is 12.3 Å². The number of anilines is 1. The van der Waals surface area contributed by atoms with Crippen molar-refractivity contribution < 1.29 is 14.4 Å². The second-order valence-electron chi connectivity index (χ2n) is 4.69. The standard InChI is InChI=1S/C14H16N2O3/c1-2-10-8-13(18)16(14(10)19)11-5-3-9(4-6-11)7-12(15)17/h3-6,10H,2,7-8H2,1H3,(H2,15,17). The summed E-state index contributed by atoms with van der Waals surface area (Å²) < 4.78 is 0. The van der Waals surface area contributed by atoms with E-state index in [2.05, 4.69) is 0 Å². The van der Waals surface area contributed by atoms with Crippen LogP contribution in [-0.4, -0.2) is 17.7 Å². The molecule has 0 radical (unpaired) electrons. The van der Waals surface area contributed by atoms with Crippen molar-refractivity contribution in [2.24, 2.45) is 11.7 Å². The van der Waals surface area contributed by atoms with E-state index in [1.54, 1.807) is 24.3 Å². The third-order valence-electron chi connectivity index (χ3n) is 3.31. The van der Waals surface area contributed by atoms with Gasteiger partial charge in [-0.1, -0.05) is 19.1 Å². The average Bonchev–Trinajstić information content (AvgIpc) is 2.65. The predicted octanol–water partition coefficient (Wildman–Crippen LogP) is 1.00. The minimum absolute atomic E-state index is 0.143. The van der Waals surface area contributed by atoms with Gasteiger partial charge in [0.05, 0.1) is 12.1 Å². The van der Waals surface area contributed by atoms with Crippen LogP contribution in [0.1, 0.15) is 25.3 Å². The zero-order valence-electron chi connectivity index (χ0n) is 10.8. The number of primary amides is 1. The molecule has 0 spiro atoms. The Balaban J connectivity index is 2.20. The van der Waals surface area contributed by atoms with Gasteiger partial charge in [0.2, 0.25) is 17.7 Å². The normalized spacial score (nSPS) is 19.0. The number of benzene rings is 1. The summed E-state index contributed by atoms with van der Waals surface area (Å²) in [5.41, 5.74) is 6.43. The molecule has 19 heavy (non-hydrogen) atoms. The summed E-state index contributed by atoms with van der Waals surface area (Å²) in [6.07, 6.45) is 1.10. The molecule has 0 aromatic heterocycles. The summed E-state index contributed by atoms with van der Waals surface area (Å²) >= 11 is 0. The van der Waals surface area contributed by atoms with Crippen LogP contribution in [0.15, 0.2) is 24.3 Å². The topological polar surface area (TPSA) is 80.5 Å². The quantitative estimate of drug-likeness (QED) is 0.820. The zero-order valence-corrected chi connectivity index (χ0v) is 10.8. The summed E-state index contributed by atoms with van der Waals surface area (Å²) in [5.74, 6) is -0.931. The highest BCUT2D eigenvalue weighted by molar-refractivity contribution is 6.20. The van der Waals surface area contributed by atoms with Gasteiger partial charge < -0.3 is 5.73 Å². The van der Waals surface area contributed by atoms with Gasteiger partial charge in [-0.3, -0.25) is 19.3 Å². The SMILES string of the molecule is CCC1CC(=O)N(c2ccc(CC(N)=O)cc2)C1=O. The number of nitrogens with zero attached hydrogens (tertiary/aromatic N) is 1. The van der Waals surface area contributed by atoms with Crippen LogP contribution in [-0.2, 0) is 20.8 Å². The molecule has 5 heteroatoms. The van der Waals surface area contributed by atoms with Gasteiger partial charge in [-0.2, -0.15) is 0 Å². The molecule has 2 rings (SSSR count). The molecule has 0 saturated carbocycles. The molecule has 1 aromatic carbocycles. The number of carbonyl (C=O) groups excluding carboxylic acids is 3. The fraction of sp³-hybridized carbons (Fsp3) is 0.357. The Morgan fingerprint density at radius 2 is 1.95 bits per heavy atom. The van der Waals surface area contributed by atoms with Crippen LogP contribution in [0.2, 0.25) is 0 Å². The largest absolute Gasteiger partial charge is 0.369 e. The second kappa shape index (κ2) is 5.22. The van der Waals surface area contributed by atoms with Crippen LogP contribution in [0.4, 0.5) is 5.69 Å². The molecule has 3 amide bonds. The monoisotopic (exact) mass is 260 g/mol. The van der Waals surface area contributed by atoms with E-state index >= 15 is 0 Å². The van der Waals surface area contributed by atoms with Crippen LogP contribution in [0, 0.1) is 5.92 Å². The molecule has 1 aliphatic rings. The molecule has 1 fully saturated rings. The molecule has 1 saturated heterocycles. The van der Waals surface area contributed by atoms with Gasteiger partial charge in [0.25, 0.3) is 0 Å². The molecule has 1 heterocycles. The summed E-state index contributed by atoms with van der Waals surface area (Å²) in [6.45, 7) is 1.90. The van der Waals surface area contributed by atoms with E-state index in [0.29, 0.717) is 12.1 Å². The number of hydrogen-bond donors (Lipinski definition) is 1. The molecule has 100 valence electrons. The highest BCUT2D eigenvalue weighted by Crippen LogP contribution is 2.28. The van der Waals surface area contributed by atoms with Crippen molar-refractivity contribution in [2.75, 3.05) is 4.90 Å². The minimum Gasteiger partial charge on any atom is -0.369 e. The molecule has 1 aliphatic heterocycles. The van der Waals surface area contributed by atoms with E-state index in [9.17, 15) is 14.4 Å².